The third-order valence-electron chi connectivity index (χ3n) is 11.0. The van der Waals surface area contributed by atoms with Crippen LogP contribution in [0.2, 0.25) is 0 Å². The average Bonchev–Trinajstić information content (AvgIpc) is 3.32. The van der Waals surface area contributed by atoms with Crippen molar-refractivity contribution >= 4 is 40.9 Å². The molecule has 0 unspecified atom stereocenters. The van der Waals surface area contributed by atoms with Crippen LogP contribution in [-0.4, -0.2) is 149 Å². The number of piperazine rings is 2. The number of nitrogens with one attached hydrogen (secondary N) is 1. The molecule has 2 saturated heterocycles. The zero-order chi connectivity index (χ0) is 47.2. The van der Waals surface area contributed by atoms with Gasteiger partial charge in [-0.25, -0.2) is 18.4 Å². The van der Waals surface area contributed by atoms with Gasteiger partial charge in [0, 0.05) is 98.1 Å². The molecule has 2 fully saturated rings. The maximum Gasteiger partial charge on any atom is 0.324 e. The Balaban J connectivity index is 0.000000247. The van der Waals surface area contributed by atoms with Crippen LogP contribution in [0.1, 0.15) is 31.8 Å². The molecule has 2 aliphatic rings. The van der Waals surface area contributed by atoms with Gasteiger partial charge in [-0.3, -0.25) is 24.2 Å². The summed E-state index contributed by atoms with van der Waals surface area (Å²) in [7, 11) is 7.05. The molecule has 348 valence electrons. The first-order valence-electron chi connectivity index (χ1n) is 20.8. The molecule has 4 aromatic rings. The van der Waals surface area contributed by atoms with Crippen LogP contribution < -0.4 is 30.3 Å². The molecule has 3 N–H and O–H groups in total. The minimum Gasteiger partial charge on any atom is -0.497 e. The summed E-state index contributed by atoms with van der Waals surface area (Å²) in [6.45, 7) is 4.29. The van der Waals surface area contributed by atoms with Crippen LogP contribution in [0.25, 0.3) is 0 Å². The lowest BCUT2D eigenvalue weighted by Gasteiger charge is -2.36. The molecule has 0 bridgehead atoms. The third kappa shape index (κ3) is 13.5. The highest BCUT2D eigenvalue weighted by Crippen LogP contribution is 2.27. The van der Waals surface area contributed by atoms with Crippen molar-refractivity contribution < 1.29 is 51.0 Å². The molecular weight excluding hydrogens is 853 g/mol. The minimum absolute atomic E-state index is 0.0290. The fourth-order valence-electron chi connectivity index (χ4n) is 6.94. The number of carbonyl (C=O) groups excluding carboxylic acids is 5. The quantitative estimate of drug-likeness (QED) is 0.128. The van der Waals surface area contributed by atoms with E-state index in [0.29, 0.717) is 67.7 Å². The topological polar surface area (TPSA) is 161 Å². The van der Waals surface area contributed by atoms with Gasteiger partial charge in [0.25, 0.3) is 5.91 Å². The van der Waals surface area contributed by atoms with Gasteiger partial charge in [0.05, 0.1) is 40.4 Å². The van der Waals surface area contributed by atoms with Gasteiger partial charge in [0.2, 0.25) is 0 Å². The first kappa shape index (κ1) is 49.4. The van der Waals surface area contributed by atoms with Gasteiger partial charge < -0.3 is 40.1 Å². The number of carbonyl (C=O) groups is 5. The molecule has 0 aromatic heterocycles. The molecule has 2 aliphatic heterocycles. The highest BCUT2D eigenvalue weighted by Gasteiger charge is 2.29. The van der Waals surface area contributed by atoms with Crippen LogP contribution in [0.3, 0.4) is 0 Å². The second-order valence-corrected chi connectivity index (χ2v) is 15.4. The number of rotatable bonds is 14. The van der Waals surface area contributed by atoms with Gasteiger partial charge in [-0.2, -0.15) is 8.78 Å². The average molecular weight is 907 g/mol. The molecule has 65 heavy (non-hydrogen) atoms. The van der Waals surface area contributed by atoms with E-state index >= 15 is 0 Å². The van der Waals surface area contributed by atoms with E-state index in [1.54, 1.807) is 70.8 Å². The van der Waals surface area contributed by atoms with Gasteiger partial charge >= 0.3 is 18.5 Å². The molecule has 0 saturated carbocycles. The van der Waals surface area contributed by atoms with Crippen LogP contribution in [0, 0.1) is 11.6 Å². The van der Waals surface area contributed by atoms with Crippen LogP contribution in [0.15, 0.2) is 84.9 Å². The second kappa shape index (κ2) is 23.4. The Morgan fingerprint density at radius 2 is 1.05 bits per heavy atom. The SMILES string of the molecule is COc1cccc(N(Cc2ccc(C(=O)CN)cc2F)C(=O)N2CCN(C)CC2)c1.COc1cccc(N(Cc2ccc(C(=O)CNC(=O)C(F)F)cc2F)C(=O)N2CCN(C)CC2)c1. The number of hydrogen-bond donors (Lipinski definition) is 2. The lowest BCUT2D eigenvalue weighted by Crippen LogP contribution is -2.52. The number of ketones is 2. The van der Waals surface area contributed by atoms with E-state index < -0.39 is 36.3 Å². The van der Waals surface area contributed by atoms with E-state index in [1.807, 2.05) is 14.1 Å². The van der Waals surface area contributed by atoms with Gasteiger partial charge in [-0.15, -0.1) is 0 Å². The number of anilines is 2. The second-order valence-electron chi connectivity index (χ2n) is 15.4. The van der Waals surface area contributed by atoms with Gasteiger partial charge in [0.1, 0.15) is 23.1 Å². The summed E-state index contributed by atoms with van der Waals surface area (Å²) in [5, 5.41) is 1.80. The monoisotopic (exact) mass is 906 g/mol. The Morgan fingerprint density at radius 1 is 0.631 bits per heavy atom. The lowest BCUT2D eigenvalue weighted by atomic mass is 10.1. The summed E-state index contributed by atoms with van der Waals surface area (Å²) in [6.07, 6.45) is -3.25. The van der Waals surface area contributed by atoms with Crippen molar-refractivity contribution in [3.05, 3.63) is 119 Å². The zero-order valence-corrected chi connectivity index (χ0v) is 36.8. The van der Waals surface area contributed by atoms with Crippen molar-refractivity contribution in [3.63, 3.8) is 0 Å². The number of nitrogens with zero attached hydrogens (tertiary/aromatic N) is 6. The van der Waals surface area contributed by atoms with Crippen LogP contribution in [0.5, 0.6) is 11.5 Å². The van der Waals surface area contributed by atoms with Gasteiger partial charge in [0.15, 0.2) is 11.6 Å². The fourth-order valence-corrected chi connectivity index (χ4v) is 6.94. The van der Waals surface area contributed by atoms with Crippen LogP contribution in [-0.2, 0) is 17.9 Å². The van der Waals surface area contributed by atoms with Crippen molar-refractivity contribution in [2.75, 3.05) is 104 Å². The van der Waals surface area contributed by atoms with Crippen LogP contribution >= 0.6 is 0 Å². The number of Topliss-reactive ketones (excluding diaryl/α,β-unsaturated/α-hetero) is 2. The Kier molecular flexibility index (Phi) is 17.8. The molecule has 4 aromatic carbocycles. The maximum absolute atomic E-state index is 15.0. The summed E-state index contributed by atoms with van der Waals surface area (Å²) < 4.78 is 64.9. The van der Waals surface area contributed by atoms with Gasteiger partial charge in [-0.1, -0.05) is 36.4 Å². The summed E-state index contributed by atoms with van der Waals surface area (Å²) in [4.78, 5) is 72.4. The van der Waals surface area contributed by atoms with E-state index in [-0.39, 0.29) is 54.2 Å². The van der Waals surface area contributed by atoms with Crippen LogP contribution in [0.4, 0.5) is 38.5 Å². The number of hydrogen-bond acceptors (Lipinski definition) is 10. The van der Waals surface area contributed by atoms with Gasteiger partial charge in [-0.05, 0) is 50.5 Å². The molecule has 6 rings (SSSR count). The van der Waals surface area contributed by atoms with Crippen molar-refractivity contribution in [2.24, 2.45) is 5.73 Å². The third-order valence-corrected chi connectivity index (χ3v) is 11.0. The van der Waals surface area contributed by atoms with E-state index in [4.69, 9.17) is 15.2 Å². The van der Waals surface area contributed by atoms with E-state index in [2.05, 4.69) is 9.80 Å². The number of halogens is 4. The Labute approximate surface area is 375 Å². The summed E-state index contributed by atoms with van der Waals surface area (Å²) in [5.74, 6) is -2.78. The molecule has 0 radical (unpaired) electrons. The molecule has 2 heterocycles. The normalized spacial score (nSPS) is 14.2. The molecule has 5 amide bonds. The number of methoxy groups -OCH3 is 2. The Morgan fingerprint density at radius 3 is 1.42 bits per heavy atom. The van der Waals surface area contributed by atoms with Crippen molar-refractivity contribution in [1.82, 2.24) is 24.9 Å². The van der Waals surface area contributed by atoms with E-state index in [0.717, 1.165) is 19.2 Å². The Hall–Kier alpha value is -6.57. The first-order valence-corrected chi connectivity index (χ1v) is 20.8. The standard InChI is InChI=1S/C24H27F3N4O4.C22H27FN4O3/c1-29-8-10-30(11-9-29)24(34)31(18-4-3-5-19(13-18)35-2)15-17-7-6-16(12-20(17)25)21(32)14-28-23(33)22(26)27;1-25-8-10-26(11-9-25)22(29)27(18-4-3-5-19(13-18)30-2)15-17-7-6-16(12-20(17)23)21(28)14-24/h3-7,12-13,22H,8-11,14-15H2,1-2H3,(H,28,33);3-7,12-13H,8-11,14-15,24H2,1-2H3. The number of likely N-dealkylation sites (N-methyl/N-ethyl adjacent to an activating group) is 2. The van der Waals surface area contributed by atoms with Crippen molar-refractivity contribution in [2.45, 2.75) is 19.5 Å². The number of urea groups is 2. The number of ether oxygens (including phenoxy) is 2. The molecule has 19 heteroatoms. The molecule has 15 nitrogen and oxygen atoms in total. The summed E-state index contributed by atoms with van der Waals surface area (Å²) in [5.41, 5.74) is 7.09. The fraction of sp³-hybridized carbons (Fsp3) is 0.370. The summed E-state index contributed by atoms with van der Waals surface area (Å²) in [6, 6.07) is 21.4. The minimum atomic E-state index is -3.25. The largest absolute Gasteiger partial charge is 0.497 e. The predicted molar refractivity (Wildman–Crippen MR) is 237 cm³/mol. The highest BCUT2D eigenvalue weighted by molar-refractivity contribution is 6.00. The maximum atomic E-state index is 15.0. The first-order chi connectivity index (χ1) is 31.1. The van der Waals surface area contributed by atoms with E-state index in [9.17, 15) is 41.5 Å². The number of nitrogens with two attached hydrogens (primary N) is 1. The van der Waals surface area contributed by atoms with E-state index in [1.165, 1.54) is 47.2 Å². The van der Waals surface area contributed by atoms with Crippen molar-refractivity contribution in [1.29, 1.82) is 0 Å². The number of amides is 5. The predicted octanol–water partition coefficient (Wildman–Crippen LogP) is 5.12. The zero-order valence-electron chi connectivity index (χ0n) is 36.8. The van der Waals surface area contributed by atoms with Crippen molar-refractivity contribution in [3.8, 4) is 11.5 Å². The molecule has 0 spiro atoms. The number of alkyl halides is 2. The smallest absolute Gasteiger partial charge is 0.324 e. The summed E-state index contributed by atoms with van der Waals surface area (Å²) >= 11 is 0. The number of benzene rings is 4. The lowest BCUT2D eigenvalue weighted by molar-refractivity contribution is -0.131. The molecule has 0 atom stereocenters. The molecule has 0 aliphatic carbocycles. The highest BCUT2D eigenvalue weighted by atomic mass is 19.3. The molecular formula is C46H54F4N8O7. The Bertz CT molecular complexity index is 2310.